The van der Waals surface area contributed by atoms with E-state index in [-0.39, 0.29) is 54.7 Å². The number of aliphatic hydroxyl groups excluding tert-OH is 1. The number of hydrogen-bond acceptors (Lipinski definition) is 5. The van der Waals surface area contributed by atoms with Gasteiger partial charge in [-0.15, -0.1) is 24.0 Å². The highest BCUT2D eigenvalue weighted by Gasteiger charge is 2.49. The van der Waals surface area contributed by atoms with Crippen molar-refractivity contribution in [2.75, 3.05) is 26.2 Å². The Morgan fingerprint density at radius 3 is 2.46 bits per heavy atom. The number of nitrogens with one attached hydrogen (secondary N) is 2. The number of hydrogen-bond donors (Lipinski definition) is 3. The lowest BCUT2D eigenvalue weighted by Crippen LogP contribution is -2.54. The lowest BCUT2D eigenvalue weighted by molar-refractivity contribution is -0.0755. The molecule has 0 bridgehead atoms. The zero-order valence-corrected chi connectivity index (χ0v) is 20.9. The first kappa shape index (κ1) is 27.2. The zero-order chi connectivity index (χ0) is 20.8. The van der Waals surface area contributed by atoms with Gasteiger partial charge in [0, 0.05) is 26.2 Å². The Kier molecular flexibility index (Phi) is 11.1. The van der Waals surface area contributed by atoms with E-state index in [1.807, 2.05) is 55.4 Å². The predicted octanol–water partition coefficient (Wildman–Crippen LogP) is 2.55. The summed E-state index contributed by atoms with van der Waals surface area (Å²) in [5.74, 6) is 0.741. The molecule has 0 spiro atoms. The number of aliphatic hydroxyl groups is 1. The predicted molar refractivity (Wildman–Crippen MR) is 122 cm³/mol. The summed E-state index contributed by atoms with van der Waals surface area (Å²) in [7, 11) is 0. The van der Waals surface area contributed by atoms with Crippen LogP contribution in [0.2, 0.25) is 0 Å². The number of carbonyl (C=O) groups excluding carboxylic acids is 1. The molecule has 1 aliphatic heterocycles. The molecule has 0 radical (unpaired) electrons. The lowest BCUT2D eigenvalue weighted by Gasteiger charge is -2.35. The summed E-state index contributed by atoms with van der Waals surface area (Å²) in [6.45, 7) is 17.0. The Labute approximate surface area is 186 Å². The standard InChI is InChI=1S/C19H38N4O4.HI/c1-9-20-16(21-10-13(2)12-24)22-11-15-14(3)26-19(7,8)23(15)17(25)27-18(4,5)6;/h13-15,24H,9-12H2,1-8H3,(H2,20,21,22);1H. The molecule has 3 atom stereocenters. The van der Waals surface area contributed by atoms with Crippen LogP contribution in [0.1, 0.15) is 55.4 Å². The highest BCUT2D eigenvalue weighted by molar-refractivity contribution is 14.0. The summed E-state index contributed by atoms with van der Waals surface area (Å²) in [5.41, 5.74) is -1.33. The Bertz CT molecular complexity index is 523. The van der Waals surface area contributed by atoms with Gasteiger partial charge in [0.1, 0.15) is 11.3 Å². The van der Waals surface area contributed by atoms with E-state index >= 15 is 0 Å². The molecule has 0 saturated carbocycles. The van der Waals surface area contributed by atoms with Gasteiger partial charge in [-0.1, -0.05) is 6.92 Å². The van der Waals surface area contributed by atoms with E-state index in [1.54, 1.807) is 4.90 Å². The summed E-state index contributed by atoms with van der Waals surface area (Å²) in [4.78, 5) is 18.9. The van der Waals surface area contributed by atoms with Crippen LogP contribution in [0.4, 0.5) is 4.79 Å². The van der Waals surface area contributed by atoms with Gasteiger partial charge in [-0.3, -0.25) is 9.89 Å². The molecule has 1 fully saturated rings. The van der Waals surface area contributed by atoms with Crippen molar-refractivity contribution in [3.05, 3.63) is 0 Å². The summed E-state index contributed by atoms with van der Waals surface area (Å²) >= 11 is 0. The number of ether oxygens (including phenoxy) is 2. The first-order valence-corrected chi connectivity index (χ1v) is 9.74. The maximum Gasteiger partial charge on any atom is 0.412 e. The van der Waals surface area contributed by atoms with E-state index in [2.05, 4.69) is 15.6 Å². The number of aliphatic imine (C=N–C) groups is 1. The van der Waals surface area contributed by atoms with Crippen LogP contribution in [0.3, 0.4) is 0 Å². The van der Waals surface area contributed by atoms with Crippen molar-refractivity contribution in [3.8, 4) is 0 Å². The fraction of sp³-hybridized carbons (Fsp3) is 0.895. The van der Waals surface area contributed by atoms with E-state index in [0.29, 0.717) is 19.0 Å². The molecule has 0 aliphatic carbocycles. The average molecular weight is 514 g/mol. The molecule has 1 amide bonds. The number of guanidine groups is 1. The fourth-order valence-electron chi connectivity index (χ4n) is 2.97. The second-order valence-corrected chi connectivity index (χ2v) is 8.58. The van der Waals surface area contributed by atoms with E-state index < -0.39 is 11.3 Å². The quantitative estimate of drug-likeness (QED) is 0.287. The minimum Gasteiger partial charge on any atom is -0.444 e. The fourth-order valence-corrected chi connectivity index (χ4v) is 2.97. The van der Waals surface area contributed by atoms with Gasteiger partial charge in [0.2, 0.25) is 0 Å². The Balaban J connectivity index is 0.00000729. The summed E-state index contributed by atoms with van der Waals surface area (Å²) in [6.07, 6.45) is -0.543. The molecular formula is C19H39IN4O4. The maximum absolute atomic E-state index is 12.8. The lowest BCUT2D eigenvalue weighted by atomic mass is 10.1. The van der Waals surface area contributed by atoms with Gasteiger partial charge >= 0.3 is 6.09 Å². The van der Waals surface area contributed by atoms with Crippen LogP contribution >= 0.6 is 24.0 Å². The van der Waals surface area contributed by atoms with E-state index in [9.17, 15) is 9.90 Å². The molecule has 1 aliphatic rings. The molecule has 3 N–H and O–H groups in total. The van der Waals surface area contributed by atoms with Crippen LogP contribution in [-0.2, 0) is 9.47 Å². The van der Waals surface area contributed by atoms with Crippen LogP contribution in [0.25, 0.3) is 0 Å². The third-order valence-electron chi connectivity index (χ3n) is 4.21. The van der Waals surface area contributed by atoms with Crippen molar-refractivity contribution in [2.24, 2.45) is 10.9 Å². The summed E-state index contributed by atoms with van der Waals surface area (Å²) in [5, 5.41) is 15.6. The minimum absolute atomic E-state index is 0. The SMILES string of the molecule is CCNC(=NCC(C)CO)NCC1C(C)OC(C)(C)N1C(=O)OC(C)(C)C.I. The van der Waals surface area contributed by atoms with Crippen LogP contribution in [0.15, 0.2) is 4.99 Å². The molecule has 1 heterocycles. The summed E-state index contributed by atoms with van der Waals surface area (Å²) in [6, 6.07) is -0.200. The number of halogens is 1. The monoisotopic (exact) mass is 514 g/mol. The topological polar surface area (TPSA) is 95.4 Å². The van der Waals surface area contributed by atoms with Crippen LogP contribution in [-0.4, -0.2) is 71.8 Å². The zero-order valence-electron chi connectivity index (χ0n) is 18.5. The number of nitrogens with zero attached hydrogens (tertiary/aromatic N) is 2. The van der Waals surface area contributed by atoms with Crippen molar-refractivity contribution in [1.29, 1.82) is 0 Å². The highest BCUT2D eigenvalue weighted by Crippen LogP contribution is 2.33. The maximum atomic E-state index is 12.8. The third kappa shape index (κ3) is 8.28. The van der Waals surface area contributed by atoms with Gasteiger partial charge in [-0.05, 0) is 54.4 Å². The molecule has 1 saturated heterocycles. The molecule has 0 aromatic carbocycles. The van der Waals surface area contributed by atoms with Gasteiger partial charge in [0.15, 0.2) is 5.96 Å². The second-order valence-electron chi connectivity index (χ2n) is 8.58. The number of carbonyl (C=O) groups is 1. The Morgan fingerprint density at radius 1 is 1.36 bits per heavy atom. The van der Waals surface area contributed by atoms with Crippen LogP contribution in [0.5, 0.6) is 0 Å². The van der Waals surface area contributed by atoms with Crippen LogP contribution < -0.4 is 10.6 Å². The molecule has 28 heavy (non-hydrogen) atoms. The van der Waals surface area contributed by atoms with Crippen molar-refractivity contribution in [1.82, 2.24) is 15.5 Å². The molecular weight excluding hydrogens is 475 g/mol. The Hall–Kier alpha value is -0.810. The molecule has 1 rings (SSSR count). The van der Waals surface area contributed by atoms with E-state index in [4.69, 9.17) is 9.47 Å². The van der Waals surface area contributed by atoms with Gasteiger partial charge in [-0.25, -0.2) is 4.79 Å². The van der Waals surface area contributed by atoms with Crippen LogP contribution in [0, 0.1) is 5.92 Å². The second kappa shape index (κ2) is 11.4. The molecule has 3 unspecified atom stereocenters. The number of rotatable bonds is 6. The molecule has 0 aromatic rings. The van der Waals surface area contributed by atoms with E-state index in [1.165, 1.54) is 0 Å². The van der Waals surface area contributed by atoms with Gasteiger partial charge in [0.05, 0.1) is 12.1 Å². The van der Waals surface area contributed by atoms with Gasteiger partial charge in [-0.2, -0.15) is 0 Å². The Morgan fingerprint density at radius 2 is 1.96 bits per heavy atom. The molecule has 0 aromatic heterocycles. The molecule has 8 nitrogen and oxygen atoms in total. The van der Waals surface area contributed by atoms with Crippen molar-refractivity contribution >= 4 is 36.0 Å². The van der Waals surface area contributed by atoms with E-state index in [0.717, 1.165) is 6.54 Å². The first-order valence-electron chi connectivity index (χ1n) is 9.74. The largest absolute Gasteiger partial charge is 0.444 e. The molecule has 166 valence electrons. The number of amides is 1. The van der Waals surface area contributed by atoms with Crippen molar-refractivity contribution < 1.29 is 19.4 Å². The normalized spacial score (nSPS) is 23.0. The minimum atomic E-state index is -0.755. The van der Waals surface area contributed by atoms with Crippen molar-refractivity contribution in [3.63, 3.8) is 0 Å². The average Bonchev–Trinajstić information content (AvgIpc) is 2.76. The third-order valence-corrected chi connectivity index (χ3v) is 4.21. The highest BCUT2D eigenvalue weighted by atomic mass is 127. The van der Waals surface area contributed by atoms with Crippen molar-refractivity contribution in [2.45, 2.75) is 78.9 Å². The van der Waals surface area contributed by atoms with Gasteiger partial charge in [0.25, 0.3) is 0 Å². The summed E-state index contributed by atoms with van der Waals surface area (Å²) < 4.78 is 11.6. The van der Waals surface area contributed by atoms with Gasteiger partial charge < -0.3 is 25.2 Å². The molecule has 9 heteroatoms. The smallest absolute Gasteiger partial charge is 0.412 e. The first-order chi connectivity index (χ1) is 12.4.